The van der Waals surface area contributed by atoms with Gasteiger partial charge in [-0.3, -0.25) is 4.90 Å². The van der Waals surface area contributed by atoms with Crippen LogP contribution >= 0.6 is 11.6 Å². The molecular weight excluding hydrogens is 587 g/mol. The number of benzene rings is 2. The van der Waals surface area contributed by atoms with Gasteiger partial charge in [0.25, 0.3) is 0 Å². The third-order valence-corrected chi connectivity index (χ3v) is 7.56. The largest absolute Gasteiger partial charge is 0.478 e. The fourth-order valence-corrected chi connectivity index (χ4v) is 5.16. The Balaban J connectivity index is 1.46. The first-order valence-corrected chi connectivity index (χ1v) is 13.1. The molecular formula is C28H24ClF5N4O4. The fraction of sp³-hybridized carbons (Fsp3) is 0.321. The Morgan fingerprint density at radius 3 is 2.60 bits per heavy atom. The van der Waals surface area contributed by atoms with Crippen molar-refractivity contribution in [1.29, 1.82) is 0 Å². The number of pyridine rings is 1. The van der Waals surface area contributed by atoms with Crippen molar-refractivity contribution in [2.24, 2.45) is 7.05 Å². The summed E-state index contributed by atoms with van der Waals surface area (Å²) in [6, 6.07) is 9.54. The molecule has 222 valence electrons. The van der Waals surface area contributed by atoms with Crippen LogP contribution in [0.3, 0.4) is 0 Å². The van der Waals surface area contributed by atoms with Gasteiger partial charge in [-0.25, -0.2) is 14.8 Å². The monoisotopic (exact) mass is 610 g/mol. The van der Waals surface area contributed by atoms with Gasteiger partial charge in [0, 0.05) is 24.2 Å². The van der Waals surface area contributed by atoms with Crippen LogP contribution < -0.4 is 9.47 Å². The van der Waals surface area contributed by atoms with Crippen LogP contribution in [0, 0.1) is 0 Å². The van der Waals surface area contributed by atoms with E-state index in [0.29, 0.717) is 34.2 Å². The minimum atomic E-state index is -4.70. The van der Waals surface area contributed by atoms with Gasteiger partial charge in [0.1, 0.15) is 23.5 Å². The first kappa shape index (κ1) is 29.5. The number of halogens is 6. The van der Waals surface area contributed by atoms with Crippen molar-refractivity contribution in [2.75, 3.05) is 6.54 Å². The maximum absolute atomic E-state index is 14.0. The second kappa shape index (κ2) is 11.4. The van der Waals surface area contributed by atoms with Gasteiger partial charge in [-0.15, -0.1) is 0 Å². The van der Waals surface area contributed by atoms with Crippen molar-refractivity contribution >= 4 is 28.6 Å². The number of hydrogen-bond donors (Lipinski definition) is 1. The fourth-order valence-electron chi connectivity index (χ4n) is 4.97. The maximum Gasteiger partial charge on any atom is 0.421 e. The number of nitrogens with zero attached hydrogens (tertiary/aromatic N) is 4. The van der Waals surface area contributed by atoms with E-state index in [0.717, 1.165) is 12.1 Å². The van der Waals surface area contributed by atoms with E-state index in [2.05, 4.69) is 14.7 Å². The molecule has 14 heteroatoms. The third-order valence-electron chi connectivity index (χ3n) is 7.19. The second-order valence-corrected chi connectivity index (χ2v) is 10.2. The van der Waals surface area contributed by atoms with Crippen LogP contribution in [0.2, 0.25) is 5.02 Å². The van der Waals surface area contributed by atoms with Gasteiger partial charge in [-0.05, 0) is 43.2 Å². The Morgan fingerprint density at radius 1 is 1.19 bits per heavy atom. The molecule has 0 aliphatic carbocycles. The summed E-state index contributed by atoms with van der Waals surface area (Å²) in [5.74, 6) is -1.85. The molecule has 2 aromatic heterocycles. The zero-order valence-corrected chi connectivity index (χ0v) is 23.0. The van der Waals surface area contributed by atoms with Gasteiger partial charge in [0.15, 0.2) is 5.75 Å². The quantitative estimate of drug-likeness (QED) is 0.224. The molecule has 0 unspecified atom stereocenters. The number of carboxylic acid groups (broad SMARTS) is 1. The van der Waals surface area contributed by atoms with Gasteiger partial charge < -0.3 is 19.1 Å². The Hall–Kier alpha value is -3.97. The topological polar surface area (TPSA) is 89.7 Å². The number of fused-ring (bicyclic) bond motifs is 2. The number of aromatic nitrogens is 3. The van der Waals surface area contributed by atoms with E-state index in [1.54, 1.807) is 42.8 Å². The molecule has 1 atom stereocenters. The minimum Gasteiger partial charge on any atom is -0.478 e. The lowest BCUT2D eigenvalue weighted by molar-refractivity contribution is -0.139. The molecule has 2 aromatic carbocycles. The zero-order chi connectivity index (χ0) is 30.3. The minimum absolute atomic E-state index is 0.0612. The summed E-state index contributed by atoms with van der Waals surface area (Å²) in [5, 5.41) is 9.77. The first-order chi connectivity index (χ1) is 19.8. The lowest BCUT2D eigenvalue weighted by atomic mass is 9.97. The standard InChI is InChI=1S/C28H24ClF5N4O4/c1-14-23-15(9-18(28(32,33)34)25(36-23)41-13-16-5-3-4-6-19(16)29)7-8-38(14)12-22-35-24-20(37(22)2)10-17(26(39)40)11-21(24)42-27(30)31/h3-6,9-11,14,27H,7-8,12-13H2,1-2H3,(H,39,40)/t14-/m0/s1. The van der Waals surface area contributed by atoms with Crippen molar-refractivity contribution in [3.8, 4) is 11.6 Å². The van der Waals surface area contributed by atoms with Crippen molar-refractivity contribution in [3.05, 3.63) is 81.3 Å². The Morgan fingerprint density at radius 2 is 1.93 bits per heavy atom. The van der Waals surface area contributed by atoms with Crippen molar-refractivity contribution in [2.45, 2.75) is 45.3 Å². The van der Waals surface area contributed by atoms with Gasteiger partial charge >= 0.3 is 18.8 Å². The number of carbonyl (C=O) groups is 1. The summed E-state index contributed by atoms with van der Waals surface area (Å²) < 4.78 is 79.7. The molecule has 5 rings (SSSR count). The number of hydrogen-bond acceptors (Lipinski definition) is 6. The van der Waals surface area contributed by atoms with E-state index < -0.39 is 36.2 Å². The van der Waals surface area contributed by atoms with Crippen LogP contribution in [-0.4, -0.2) is 43.7 Å². The normalized spacial score (nSPS) is 15.7. The molecule has 0 saturated carbocycles. The lowest BCUT2D eigenvalue weighted by Crippen LogP contribution is -2.35. The summed E-state index contributed by atoms with van der Waals surface area (Å²) in [5.41, 5.74) is 0.438. The average Bonchev–Trinajstić information content (AvgIpc) is 3.24. The van der Waals surface area contributed by atoms with Crippen LogP contribution in [-0.2, 0) is 32.8 Å². The summed E-state index contributed by atoms with van der Waals surface area (Å²) in [6.07, 6.45) is -4.44. The summed E-state index contributed by atoms with van der Waals surface area (Å²) in [7, 11) is 1.61. The predicted octanol–water partition coefficient (Wildman–Crippen LogP) is 6.64. The molecule has 0 fully saturated rings. The second-order valence-electron chi connectivity index (χ2n) is 9.77. The van der Waals surface area contributed by atoms with Crippen LogP contribution in [0.15, 0.2) is 42.5 Å². The predicted molar refractivity (Wildman–Crippen MR) is 142 cm³/mol. The number of alkyl halides is 5. The Bertz CT molecular complexity index is 1660. The Labute approximate surface area is 241 Å². The average molecular weight is 611 g/mol. The number of rotatable bonds is 8. The lowest BCUT2D eigenvalue weighted by Gasteiger charge is -2.34. The number of aromatic carboxylic acids is 1. The van der Waals surface area contributed by atoms with Crippen LogP contribution in [0.1, 0.15) is 51.5 Å². The molecule has 0 amide bonds. The van der Waals surface area contributed by atoms with Crippen LogP contribution in [0.4, 0.5) is 22.0 Å². The molecule has 4 aromatic rings. The van der Waals surface area contributed by atoms with E-state index in [1.165, 1.54) is 6.07 Å². The molecule has 0 radical (unpaired) electrons. The molecule has 3 heterocycles. The number of ether oxygens (including phenoxy) is 2. The van der Waals surface area contributed by atoms with Gasteiger partial charge in [-0.2, -0.15) is 22.0 Å². The molecule has 8 nitrogen and oxygen atoms in total. The van der Waals surface area contributed by atoms with Crippen molar-refractivity contribution < 1.29 is 41.3 Å². The van der Waals surface area contributed by atoms with Gasteiger partial charge in [0.2, 0.25) is 5.88 Å². The van der Waals surface area contributed by atoms with Crippen molar-refractivity contribution in [3.63, 3.8) is 0 Å². The molecule has 0 bridgehead atoms. The smallest absolute Gasteiger partial charge is 0.421 e. The molecule has 0 saturated heterocycles. The van der Waals surface area contributed by atoms with E-state index in [9.17, 15) is 31.9 Å². The van der Waals surface area contributed by atoms with E-state index in [1.807, 2.05) is 4.90 Å². The molecule has 1 aliphatic heterocycles. The third kappa shape index (κ3) is 5.84. The molecule has 1 N–H and O–H groups in total. The summed E-state index contributed by atoms with van der Waals surface area (Å²) in [4.78, 5) is 22.3. The van der Waals surface area contributed by atoms with E-state index in [4.69, 9.17) is 16.3 Å². The van der Waals surface area contributed by atoms with Gasteiger partial charge in [-0.1, -0.05) is 29.8 Å². The van der Waals surface area contributed by atoms with Crippen LogP contribution in [0.25, 0.3) is 11.0 Å². The highest BCUT2D eigenvalue weighted by Crippen LogP contribution is 2.40. The molecule has 42 heavy (non-hydrogen) atoms. The zero-order valence-electron chi connectivity index (χ0n) is 22.3. The summed E-state index contributed by atoms with van der Waals surface area (Å²) in [6.45, 7) is -1.10. The number of imidazole rings is 1. The van der Waals surface area contributed by atoms with Crippen LogP contribution in [0.5, 0.6) is 11.6 Å². The SMILES string of the molecule is C[C@H]1c2nc(OCc3ccccc3Cl)c(C(F)(F)F)cc2CCN1Cc1nc2c(OC(F)F)cc(C(=O)O)cc2n1C. The van der Waals surface area contributed by atoms with E-state index in [-0.39, 0.29) is 41.9 Å². The highest BCUT2D eigenvalue weighted by atomic mass is 35.5. The molecule has 1 aliphatic rings. The highest BCUT2D eigenvalue weighted by molar-refractivity contribution is 6.31. The highest BCUT2D eigenvalue weighted by Gasteiger charge is 2.38. The summed E-state index contributed by atoms with van der Waals surface area (Å²) >= 11 is 6.14. The van der Waals surface area contributed by atoms with Crippen molar-refractivity contribution in [1.82, 2.24) is 19.4 Å². The van der Waals surface area contributed by atoms with Gasteiger partial charge in [0.05, 0.1) is 29.4 Å². The first-order valence-electron chi connectivity index (χ1n) is 12.7. The molecule has 0 spiro atoms. The number of carboxylic acids is 1. The maximum atomic E-state index is 14.0. The Kier molecular flexibility index (Phi) is 7.99. The number of aryl methyl sites for hydroxylation is 1. The van der Waals surface area contributed by atoms with E-state index >= 15 is 0 Å².